The minimum atomic E-state index is -1.53. The van der Waals surface area contributed by atoms with Gasteiger partial charge in [0.15, 0.2) is 0 Å². The van der Waals surface area contributed by atoms with E-state index in [1.54, 1.807) is 0 Å². The third-order valence-electron chi connectivity index (χ3n) is 6.43. The number of carbonyl (C=O) groups is 12. The zero-order valence-electron chi connectivity index (χ0n) is 32.7. The first kappa shape index (κ1) is 65.5. The molecule has 0 unspecified atom stereocenters. The van der Waals surface area contributed by atoms with Gasteiger partial charge in [0, 0.05) is 118 Å². The van der Waals surface area contributed by atoms with Crippen molar-refractivity contribution in [2.45, 2.75) is 0 Å². The van der Waals surface area contributed by atoms with E-state index in [-0.39, 0.29) is 74.3 Å². The Kier molecular flexibility index (Phi) is 39.2. The molecule has 0 atom stereocenters. The summed E-state index contributed by atoms with van der Waals surface area (Å²) >= 11 is 0. The molecular weight excluding hydrogens is 867 g/mol. The Labute approximate surface area is 371 Å². The summed E-state index contributed by atoms with van der Waals surface area (Å²) in [4.78, 5) is 130. The molecule has 0 saturated heterocycles. The number of carbonyl (C=O) groups excluding carboxylic acids is 12. The monoisotopic (exact) mass is 905 g/mol. The topological polar surface area (TPSA) is 532 Å². The molecule has 62 heavy (non-hydrogen) atoms. The predicted molar refractivity (Wildman–Crippen MR) is 162 cm³/mol. The van der Waals surface area contributed by atoms with Gasteiger partial charge in [-0.2, -0.15) is 0 Å². The Balaban J connectivity index is -0.000000258. The zero-order chi connectivity index (χ0) is 47.1. The summed E-state index contributed by atoms with van der Waals surface area (Å²) in [5, 5.41) is 125. The van der Waals surface area contributed by atoms with E-state index in [4.69, 9.17) is 0 Å². The molecule has 0 aliphatic rings. The molecule has 0 aromatic rings. The molecule has 0 aliphatic carbocycles. The zero-order valence-corrected chi connectivity index (χ0v) is 34.7. The SMILES string of the molecule is O.O=C([O-])CN(CCN(CC(=O)[O-])CC(=O)[O-])CC(=O)[O-].O=C([O-])CN(CCN(CC(=O)[O-])CC(=O)[O-])CC(=O)[O-].O=C([O-])CN(CCN(CC(=O)[O-])CC(=O)[O-])CC(=O)[O-].[Na+]. The van der Waals surface area contributed by atoms with Crippen molar-refractivity contribution in [2.24, 2.45) is 0 Å². The van der Waals surface area contributed by atoms with Gasteiger partial charge in [0.2, 0.25) is 0 Å². The fourth-order valence-corrected chi connectivity index (χ4v) is 4.32. The van der Waals surface area contributed by atoms with Crippen LogP contribution in [0.15, 0.2) is 0 Å². The van der Waals surface area contributed by atoms with Crippen LogP contribution in [0, 0.1) is 0 Å². The maximum Gasteiger partial charge on any atom is 1.00 e. The molecule has 350 valence electrons. The van der Waals surface area contributed by atoms with Gasteiger partial charge in [-0.05, 0) is 0 Å². The summed E-state index contributed by atoms with van der Waals surface area (Å²) in [6, 6.07) is 0. The van der Waals surface area contributed by atoms with Gasteiger partial charge in [-0.1, -0.05) is 0 Å². The van der Waals surface area contributed by atoms with Crippen LogP contribution in [0.25, 0.3) is 0 Å². The van der Waals surface area contributed by atoms with Crippen LogP contribution in [0.2, 0.25) is 0 Å². The second kappa shape index (κ2) is 37.1. The number of hydrogen-bond acceptors (Lipinski definition) is 30. The van der Waals surface area contributed by atoms with E-state index in [0.29, 0.717) is 0 Å². The summed E-state index contributed by atoms with van der Waals surface area (Å²) in [6.07, 6.45) is 0. The van der Waals surface area contributed by atoms with Crippen LogP contribution in [0.5, 0.6) is 0 Å². The van der Waals surface area contributed by atoms with Crippen molar-refractivity contribution in [2.75, 3.05) is 118 Å². The van der Waals surface area contributed by atoms with Crippen LogP contribution in [-0.4, -0.2) is 224 Å². The number of carboxylic acids is 12. The quantitative estimate of drug-likeness (QED) is 0.0552. The van der Waals surface area contributed by atoms with Crippen LogP contribution in [-0.2, 0) is 57.5 Å². The van der Waals surface area contributed by atoms with E-state index >= 15 is 0 Å². The molecule has 2 N–H and O–H groups in total. The van der Waals surface area contributed by atoms with Gasteiger partial charge in [-0.25, -0.2) is 0 Å². The maximum atomic E-state index is 10.4. The average molecular weight is 906 g/mol. The van der Waals surface area contributed by atoms with Gasteiger partial charge >= 0.3 is 29.6 Å². The Morgan fingerprint density at radius 2 is 0.274 bits per heavy atom. The molecule has 0 aromatic heterocycles. The molecule has 0 rings (SSSR count). The van der Waals surface area contributed by atoms with Crippen LogP contribution in [0.3, 0.4) is 0 Å². The van der Waals surface area contributed by atoms with Crippen molar-refractivity contribution in [3.63, 3.8) is 0 Å². The number of nitrogens with zero attached hydrogens (tertiary/aromatic N) is 6. The van der Waals surface area contributed by atoms with Crippen molar-refractivity contribution < 1.29 is 154 Å². The number of carboxylic acid groups (broad SMARTS) is 12. The molecule has 0 amide bonds. The molecule has 0 radical (unpaired) electrons. The van der Waals surface area contributed by atoms with Crippen molar-refractivity contribution in [1.82, 2.24) is 29.4 Å². The third kappa shape index (κ3) is 47.0. The molecular formula is C30H38N6NaO25-11. The molecule has 32 heteroatoms. The average Bonchev–Trinajstić information content (AvgIpc) is 3.02. The van der Waals surface area contributed by atoms with Crippen molar-refractivity contribution in [3.05, 3.63) is 0 Å². The maximum absolute atomic E-state index is 10.4. The van der Waals surface area contributed by atoms with Gasteiger partial charge < -0.3 is 124 Å². The largest absolute Gasteiger partial charge is 1.00 e. The summed E-state index contributed by atoms with van der Waals surface area (Å²) in [6.45, 7) is -9.75. The molecule has 0 heterocycles. The summed E-state index contributed by atoms with van der Waals surface area (Å²) < 4.78 is 0. The number of hydrogen-bond donors (Lipinski definition) is 0. The molecule has 0 aromatic carbocycles. The summed E-state index contributed by atoms with van der Waals surface area (Å²) in [5.41, 5.74) is 0. The Morgan fingerprint density at radius 1 is 0.210 bits per heavy atom. The standard InChI is InChI=1S/3C10H16N2O8.Na.H2O/c3*13-7(14)3-11(4-8(15)16)1-2-12(5-9(17)18)6-10(19)20;;/h3*1-6H2,(H,13,14)(H,15,16)(H,17,18)(H,19,20);;1H2/q;;;+1;/p-12. The fraction of sp³-hybridized carbons (Fsp3) is 0.600. The van der Waals surface area contributed by atoms with E-state index in [1.807, 2.05) is 0 Å². The predicted octanol–water partition coefficient (Wildman–Crippen LogP) is -26.1. The van der Waals surface area contributed by atoms with Crippen LogP contribution >= 0.6 is 0 Å². The van der Waals surface area contributed by atoms with E-state index < -0.39 is 150 Å². The minimum absolute atomic E-state index is 0. The van der Waals surface area contributed by atoms with Crippen LogP contribution in [0.1, 0.15) is 0 Å². The molecule has 0 fully saturated rings. The Morgan fingerprint density at radius 3 is 0.323 bits per heavy atom. The van der Waals surface area contributed by atoms with E-state index in [2.05, 4.69) is 0 Å². The number of aliphatic carboxylic acids is 12. The van der Waals surface area contributed by atoms with Gasteiger partial charge in [0.25, 0.3) is 0 Å². The second-order valence-corrected chi connectivity index (χ2v) is 11.7. The summed E-state index contributed by atoms with van der Waals surface area (Å²) in [7, 11) is 0. The fourth-order valence-electron chi connectivity index (χ4n) is 4.32. The number of rotatable bonds is 33. The van der Waals surface area contributed by atoms with Gasteiger partial charge in [0.1, 0.15) is 0 Å². The normalized spacial score (nSPS) is 10.4. The minimum Gasteiger partial charge on any atom is -0.549 e. The first-order valence-electron chi connectivity index (χ1n) is 16.3. The van der Waals surface area contributed by atoms with Gasteiger partial charge in [-0.15, -0.1) is 0 Å². The van der Waals surface area contributed by atoms with Gasteiger partial charge in [0.05, 0.1) is 71.6 Å². The molecule has 0 saturated carbocycles. The third-order valence-corrected chi connectivity index (χ3v) is 6.43. The molecule has 0 spiro atoms. The Hall–Kier alpha value is -5.64. The second-order valence-electron chi connectivity index (χ2n) is 11.7. The van der Waals surface area contributed by atoms with E-state index in [0.717, 1.165) is 29.4 Å². The first-order chi connectivity index (χ1) is 27.6. The van der Waals surface area contributed by atoms with Crippen LogP contribution < -0.4 is 90.8 Å². The van der Waals surface area contributed by atoms with E-state index in [9.17, 15) is 119 Å². The molecule has 0 bridgehead atoms. The van der Waals surface area contributed by atoms with Crippen LogP contribution in [0.4, 0.5) is 0 Å². The van der Waals surface area contributed by atoms with Gasteiger partial charge in [-0.3, -0.25) is 29.4 Å². The molecule has 0 aliphatic heterocycles. The van der Waals surface area contributed by atoms with Crippen molar-refractivity contribution in [1.29, 1.82) is 0 Å². The smallest absolute Gasteiger partial charge is 0.549 e. The first-order valence-corrected chi connectivity index (χ1v) is 16.3. The summed E-state index contributed by atoms with van der Waals surface area (Å²) in [5.74, 6) is -18.4. The van der Waals surface area contributed by atoms with Crippen molar-refractivity contribution in [3.8, 4) is 0 Å². The van der Waals surface area contributed by atoms with Crippen molar-refractivity contribution >= 4 is 71.6 Å². The van der Waals surface area contributed by atoms with E-state index in [1.165, 1.54) is 0 Å². The molecule has 31 nitrogen and oxygen atoms in total. The Bertz CT molecular complexity index is 1130.